The normalized spacial score (nSPS) is 11.1. The largest absolute Gasteiger partial charge is 0.461 e. The number of thioether (sulfide) groups is 1. The van der Waals surface area contributed by atoms with Gasteiger partial charge < -0.3 is 9.73 Å². The molecule has 2 aromatic carbocycles. The van der Waals surface area contributed by atoms with E-state index in [1.807, 2.05) is 59.2 Å². The number of hydrogen-bond donors (Lipinski definition) is 1. The predicted molar refractivity (Wildman–Crippen MR) is 124 cm³/mol. The Labute approximate surface area is 185 Å². The van der Waals surface area contributed by atoms with Crippen LogP contribution in [-0.2, 0) is 11.3 Å². The van der Waals surface area contributed by atoms with Crippen LogP contribution < -0.4 is 5.32 Å². The van der Waals surface area contributed by atoms with E-state index in [1.165, 1.54) is 11.8 Å². The second-order valence-corrected chi connectivity index (χ2v) is 8.51. The summed E-state index contributed by atoms with van der Waals surface area (Å²) in [6.45, 7) is 5.01. The highest BCUT2D eigenvalue weighted by Crippen LogP contribution is 2.26. The fourth-order valence-electron chi connectivity index (χ4n) is 3.22. The van der Waals surface area contributed by atoms with Gasteiger partial charge >= 0.3 is 0 Å². The van der Waals surface area contributed by atoms with E-state index in [2.05, 4.69) is 41.5 Å². The van der Waals surface area contributed by atoms with Gasteiger partial charge in [-0.2, -0.15) is 0 Å². The molecule has 0 saturated heterocycles. The van der Waals surface area contributed by atoms with Crippen LogP contribution in [0.5, 0.6) is 0 Å². The summed E-state index contributed by atoms with van der Waals surface area (Å²) in [5.74, 6) is 1.91. The maximum Gasteiger partial charge on any atom is 0.234 e. The van der Waals surface area contributed by atoms with Crippen molar-refractivity contribution in [3.8, 4) is 22.7 Å². The lowest BCUT2D eigenvalue weighted by atomic mass is 10.1. The topological polar surface area (TPSA) is 73.0 Å². The zero-order valence-electron chi connectivity index (χ0n) is 17.5. The Balaban J connectivity index is 1.40. The van der Waals surface area contributed by atoms with Crippen molar-refractivity contribution < 1.29 is 9.21 Å². The summed E-state index contributed by atoms with van der Waals surface area (Å²) in [4.78, 5) is 12.5. The number of hydrogen-bond acceptors (Lipinski definition) is 5. The molecule has 4 rings (SSSR count). The molecule has 6 nitrogen and oxygen atoms in total. The molecular weight excluding hydrogens is 408 g/mol. The highest BCUT2D eigenvalue weighted by Gasteiger charge is 2.18. The van der Waals surface area contributed by atoms with E-state index in [1.54, 1.807) is 6.26 Å². The molecule has 158 valence electrons. The molecule has 1 N–H and O–H groups in total. The third-order valence-electron chi connectivity index (χ3n) is 4.61. The Morgan fingerprint density at radius 3 is 2.42 bits per heavy atom. The molecule has 0 fully saturated rings. The molecule has 0 atom stereocenters. The van der Waals surface area contributed by atoms with E-state index in [4.69, 9.17) is 4.42 Å². The Kier molecular flexibility index (Phi) is 6.52. The fraction of sp³-hybridized carbons (Fsp3) is 0.208. The van der Waals surface area contributed by atoms with Crippen molar-refractivity contribution in [1.29, 1.82) is 0 Å². The summed E-state index contributed by atoms with van der Waals surface area (Å²) in [5, 5.41) is 12.2. The molecule has 2 aromatic heterocycles. The maximum atomic E-state index is 12.5. The molecule has 0 aliphatic heterocycles. The van der Waals surface area contributed by atoms with Gasteiger partial charge in [0, 0.05) is 12.2 Å². The summed E-state index contributed by atoms with van der Waals surface area (Å²) in [6.07, 6.45) is 1.62. The van der Waals surface area contributed by atoms with Gasteiger partial charge in [-0.3, -0.25) is 9.36 Å². The lowest BCUT2D eigenvalue weighted by Crippen LogP contribution is -2.15. The molecule has 1 amide bonds. The molecule has 0 unspecified atom stereocenters. The second-order valence-electron chi connectivity index (χ2n) is 7.57. The fourth-order valence-corrected chi connectivity index (χ4v) is 3.96. The quantitative estimate of drug-likeness (QED) is 0.367. The van der Waals surface area contributed by atoms with E-state index in [9.17, 15) is 4.79 Å². The number of carbonyl (C=O) groups excluding carboxylic acids is 1. The van der Waals surface area contributed by atoms with Gasteiger partial charge in [-0.05, 0) is 41.3 Å². The standard InChI is InChI=1S/C24H24N4O2S/c1-17(2)15-28-23(21-9-6-14-30-21)26-27-24(28)31-16-22(29)25-20-12-10-19(11-13-20)18-7-4-3-5-8-18/h3-14,17H,15-16H2,1-2H3,(H,25,29). The number of nitrogens with zero attached hydrogens (tertiary/aromatic N) is 3. The zero-order valence-corrected chi connectivity index (χ0v) is 18.3. The van der Waals surface area contributed by atoms with Gasteiger partial charge in [0.15, 0.2) is 16.7 Å². The van der Waals surface area contributed by atoms with Crippen LogP contribution in [0.3, 0.4) is 0 Å². The van der Waals surface area contributed by atoms with Crippen LogP contribution in [0, 0.1) is 5.92 Å². The van der Waals surface area contributed by atoms with Crippen molar-refractivity contribution in [3.63, 3.8) is 0 Å². The average Bonchev–Trinajstić information content (AvgIpc) is 3.43. The summed E-state index contributed by atoms with van der Waals surface area (Å²) in [7, 11) is 0. The Hall–Kier alpha value is -3.32. The monoisotopic (exact) mass is 432 g/mol. The number of nitrogens with one attached hydrogen (secondary N) is 1. The summed E-state index contributed by atoms with van der Waals surface area (Å²) < 4.78 is 7.50. The molecule has 0 spiro atoms. The first-order valence-corrected chi connectivity index (χ1v) is 11.1. The first-order valence-electron chi connectivity index (χ1n) is 10.2. The van der Waals surface area contributed by atoms with Crippen LogP contribution >= 0.6 is 11.8 Å². The maximum absolute atomic E-state index is 12.5. The Morgan fingerprint density at radius 1 is 1.00 bits per heavy atom. The van der Waals surface area contributed by atoms with Gasteiger partial charge in [-0.1, -0.05) is 68.1 Å². The van der Waals surface area contributed by atoms with Crippen LogP contribution in [0.1, 0.15) is 13.8 Å². The van der Waals surface area contributed by atoms with E-state index < -0.39 is 0 Å². The van der Waals surface area contributed by atoms with Gasteiger partial charge in [0.1, 0.15) is 0 Å². The SMILES string of the molecule is CC(C)Cn1c(SCC(=O)Nc2ccc(-c3ccccc3)cc2)nnc1-c1ccco1. The third kappa shape index (κ3) is 5.24. The smallest absolute Gasteiger partial charge is 0.234 e. The van der Waals surface area contributed by atoms with Crippen molar-refractivity contribution in [2.75, 3.05) is 11.1 Å². The first-order chi connectivity index (χ1) is 15.1. The minimum atomic E-state index is -0.0869. The summed E-state index contributed by atoms with van der Waals surface area (Å²) in [6, 6.07) is 21.7. The third-order valence-corrected chi connectivity index (χ3v) is 5.58. The van der Waals surface area contributed by atoms with Gasteiger partial charge in [0.25, 0.3) is 0 Å². The molecule has 0 saturated carbocycles. The summed E-state index contributed by atoms with van der Waals surface area (Å²) in [5.41, 5.74) is 3.03. The molecule has 31 heavy (non-hydrogen) atoms. The van der Waals surface area contributed by atoms with Crippen molar-refractivity contribution >= 4 is 23.4 Å². The van der Waals surface area contributed by atoms with Gasteiger partial charge in [0.05, 0.1) is 12.0 Å². The molecule has 4 aromatic rings. The van der Waals surface area contributed by atoms with Crippen molar-refractivity contribution in [3.05, 3.63) is 73.0 Å². The molecule has 0 aliphatic rings. The summed E-state index contributed by atoms with van der Waals surface area (Å²) >= 11 is 1.37. The van der Waals surface area contributed by atoms with E-state index in [0.717, 1.165) is 23.4 Å². The molecule has 0 radical (unpaired) electrons. The number of aromatic nitrogens is 3. The second kappa shape index (κ2) is 9.66. The van der Waals surface area contributed by atoms with E-state index >= 15 is 0 Å². The van der Waals surface area contributed by atoms with Crippen LogP contribution in [0.15, 0.2) is 82.6 Å². The Bertz CT molecular complexity index is 1120. The van der Waals surface area contributed by atoms with E-state index in [0.29, 0.717) is 22.7 Å². The van der Waals surface area contributed by atoms with Gasteiger partial charge in [0.2, 0.25) is 5.91 Å². The number of rotatable bonds is 8. The highest BCUT2D eigenvalue weighted by atomic mass is 32.2. The number of furan rings is 1. The number of amides is 1. The minimum Gasteiger partial charge on any atom is -0.461 e. The Morgan fingerprint density at radius 2 is 1.74 bits per heavy atom. The number of benzene rings is 2. The zero-order chi connectivity index (χ0) is 21.6. The lowest BCUT2D eigenvalue weighted by Gasteiger charge is -2.11. The van der Waals surface area contributed by atoms with Crippen molar-refractivity contribution in [1.82, 2.24) is 14.8 Å². The number of carbonyl (C=O) groups is 1. The molecule has 2 heterocycles. The minimum absolute atomic E-state index is 0.0869. The lowest BCUT2D eigenvalue weighted by molar-refractivity contribution is -0.113. The van der Waals surface area contributed by atoms with Crippen molar-refractivity contribution in [2.45, 2.75) is 25.5 Å². The van der Waals surface area contributed by atoms with Crippen LogP contribution in [-0.4, -0.2) is 26.4 Å². The first kappa shape index (κ1) is 20.9. The molecule has 0 bridgehead atoms. The highest BCUT2D eigenvalue weighted by molar-refractivity contribution is 7.99. The van der Waals surface area contributed by atoms with Crippen LogP contribution in [0.4, 0.5) is 5.69 Å². The number of anilines is 1. The van der Waals surface area contributed by atoms with Crippen LogP contribution in [0.2, 0.25) is 0 Å². The average molecular weight is 433 g/mol. The van der Waals surface area contributed by atoms with Gasteiger partial charge in [-0.15, -0.1) is 10.2 Å². The molecule has 7 heteroatoms. The molecular formula is C24H24N4O2S. The van der Waals surface area contributed by atoms with Gasteiger partial charge in [-0.25, -0.2) is 0 Å². The van der Waals surface area contributed by atoms with Crippen LogP contribution in [0.25, 0.3) is 22.7 Å². The van der Waals surface area contributed by atoms with Crippen molar-refractivity contribution in [2.24, 2.45) is 5.92 Å². The molecule has 0 aliphatic carbocycles. The predicted octanol–water partition coefficient (Wildman–Crippen LogP) is 5.59. The van der Waals surface area contributed by atoms with E-state index in [-0.39, 0.29) is 11.7 Å².